The molecule has 4 nitrogen and oxygen atoms in total. The Labute approximate surface area is 122 Å². The molecule has 2 fully saturated rings. The molecule has 4 heteroatoms. The summed E-state index contributed by atoms with van der Waals surface area (Å²) >= 11 is 0. The topological polar surface area (TPSA) is 44.8 Å². The molecule has 116 valence electrons. The number of carbonyl (C=O) groups excluding carboxylic acids is 1. The van der Waals surface area contributed by atoms with E-state index >= 15 is 0 Å². The highest BCUT2D eigenvalue weighted by Gasteiger charge is 2.45. The van der Waals surface area contributed by atoms with Crippen LogP contribution in [-0.4, -0.2) is 31.1 Å². The van der Waals surface area contributed by atoms with E-state index < -0.39 is 5.79 Å². The third kappa shape index (κ3) is 4.45. The first-order chi connectivity index (χ1) is 9.73. The molecule has 2 rings (SSSR count). The van der Waals surface area contributed by atoms with E-state index in [4.69, 9.17) is 14.2 Å². The molecule has 1 heterocycles. The quantitative estimate of drug-likeness (QED) is 0.690. The van der Waals surface area contributed by atoms with E-state index in [2.05, 4.69) is 0 Å². The van der Waals surface area contributed by atoms with Crippen LogP contribution in [0.1, 0.15) is 71.1 Å². The highest BCUT2D eigenvalue weighted by Crippen LogP contribution is 2.34. The zero-order valence-electron chi connectivity index (χ0n) is 12.7. The number of carbonyl (C=O) groups is 1. The fraction of sp³-hybridized carbons (Fsp3) is 0.938. The first kappa shape index (κ1) is 15.8. The molecule has 1 aliphatic carbocycles. The van der Waals surface area contributed by atoms with E-state index in [1.54, 1.807) is 0 Å². The Bertz CT molecular complexity index is 297. The molecule has 0 radical (unpaired) electrons. The molecule has 0 aromatic rings. The van der Waals surface area contributed by atoms with Crippen molar-refractivity contribution in [3.05, 3.63) is 0 Å². The van der Waals surface area contributed by atoms with Gasteiger partial charge in [0.05, 0.1) is 13.2 Å². The molecule has 0 aromatic heterocycles. The number of ether oxygens (including phenoxy) is 3. The SMILES string of the molecule is CC(=O)O[C@H]1CCCCCCCCCCC12OCCO2. The number of hydrogen-bond acceptors (Lipinski definition) is 4. The van der Waals surface area contributed by atoms with Crippen molar-refractivity contribution in [2.24, 2.45) is 0 Å². The van der Waals surface area contributed by atoms with Crippen LogP contribution in [0.5, 0.6) is 0 Å². The van der Waals surface area contributed by atoms with Gasteiger partial charge in [-0.15, -0.1) is 0 Å². The largest absolute Gasteiger partial charge is 0.457 e. The predicted octanol–water partition coefficient (Wildman–Crippen LogP) is 3.58. The summed E-state index contributed by atoms with van der Waals surface area (Å²) in [6, 6.07) is 0. The molecule has 1 aliphatic heterocycles. The Morgan fingerprint density at radius 1 is 0.950 bits per heavy atom. The molecule has 2 aliphatic rings. The van der Waals surface area contributed by atoms with Gasteiger partial charge in [-0.25, -0.2) is 0 Å². The molecule has 1 saturated carbocycles. The van der Waals surface area contributed by atoms with Crippen LogP contribution in [0.15, 0.2) is 0 Å². The smallest absolute Gasteiger partial charge is 0.303 e. The second-order valence-corrected chi connectivity index (χ2v) is 5.97. The summed E-state index contributed by atoms with van der Waals surface area (Å²) in [6.45, 7) is 2.69. The zero-order valence-corrected chi connectivity index (χ0v) is 12.7. The maximum atomic E-state index is 11.4. The van der Waals surface area contributed by atoms with Gasteiger partial charge in [0.2, 0.25) is 5.79 Å². The highest BCUT2D eigenvalue weighted by atomic mass is 16.8. The average Bonchev–Trinajstić information content (AvgIpc) is 2.87. The molecule has 1 atom stereocenters. The second-order valence-electron chi connectivity index (χ2n) is 5.97. The summed E-state index contributed by atoms with van der Waals surface area (Å²) in [5, 5.41) is 0. The molecule has 0 amide bonds. The molecule has 1 spiro atoms. The Morgan fingerprint density at radius 2 is 1.50 bits per heavy atom. The van der Waals surface area contributed by atoms with Gasteiger partial charge in [-0.3, -0.25) is 4.79 Å². The summed E-state index contributed by atoms with van der Waals surface area (Å²) in [4.78, 5) is 11.4. The third-order valence-corrected chi connectivity index (χ3v) is 4.32. The van der Waals surface area contributed by atoms with Gasteiger partial charge in [0.25, 0.3) is 0 Å². The number of hydrogen-bond donors (Lipinski definition) is 0. The lowest BCUT2D eigenvalue weighted by Gasteiger charge is -2.35. The van der Waals surface area contributed by atoms with Crippen LogP contribution in [0.4, 0.5) is 0 Å². The van der Waals surface area contributed by atoms with Crippen LogP contribution in [0.2, 0.25) is 0 Å². The van der Waals surface area contributed by atoms with Gasteiger partial charge >= 0.3 is 5.97 Å². The maximum Gasteiger partial charge on any atom is 0.303 e. The van der Waals surface area contributed by atoms with Crippen molar-refractivity contribution in [1.29, 1.82) is 0 Å². The molecule has 0 aromatic carbocycles. The van der Waals surface area contributed by atoms with E-state index in [9.17, 15) is 4.79 Å². The van der Waals surface area contributed by atoms with Gasteiger partial charge in [0, 0.05) is 13.3 Å². The fourth-order valence-electron chi connectivity index (χ4n) is 3.29. The Morgan fingerprint density at radius 3 is 2.10 bits per heavy atom. The van der Waals surface area contributed by atoms with Crippen LogP contribution < -0.4 is 0 Å². The predicted molar refractivity (Wildman–Crippen MR) is 76.4 cm³/mol. The van der Waals surface area contributed by atoms with Crippen molar-refractivity contribution in [1.82, 2.24) is 0 Å². The molecule has 1 saturated heterocycles. The van der Waals surface area contributed by atoms with E-state index in [0.29, 0.717) is 13.2 Å². The van der Waals surface area contributed by atoms with Gasteiger partial charge in [-0.2, -0.15) is 0 Å². The van der Waals surface area contributed by atoms with Gasteiger partial charge in [-0.1, -0.05) is 38.5 Å². The molecular weight excluding hydrogens is 256 g/mol. The molecule has 0 N–H and O–H groups in total. The fourth-order valence-corrected chi connectivity index (χ4v) is 3.29. The number of esters is 1. The van der Waals surface area contributed by atoms with E-state index in [1.165, 1.54) is 45.4 Å². The zero-order chi connectivity index (χ0) is 14.3. The average molecular weight is 284 g/mol. The van der Waals surface area contributed by atoms with Crippen molar-refractivity contribution in [3.63, 3.8) is 0 Å². The number of rotatable bonds is 1. The van der Waals surface area contributed by atoms with Crippen LogP contribution in [0.3, 0.4) is 0 Å². The van der Waals surface area contributed by atoms with Crippen LogP contribution >= 0.6 is 0 Å². The minimum Gasteiger partial charge on any atom is -0.457 e. The van der Waals surface area contributed by atoms with Crippen molar-refractivity contribution in [3.8, 4) is 0 Å². The van der Waals surface area contributed by atoms with Gasteiger partial charge in [0.1, 0.15) is 0 Å². The second kappa shape index (κ2) is 7.99. The van der Waals surface area contributed by atoms with Crippen molar-refractivity contribution in [2.75, 3.05) is 13.2 Å². The maximum absolute atomic E-state index is 11.4. The lowest BCUT2D eigenvalue weighted by Crippen LogP contribution is -2.46. The van der Waals surface area contributed by atoms with Crippen molar-refractivity contribution in [2.45, 2.75) is 83.0 Å². The lowest BCUT2D eigenvalue weighted by molar-refractivity contribution is -0.237. The van der Waals surface area contributed by atoms with E-state index in [-0.39, 0.29) is 12.1 Å². The van der Waals surface area contributed by atoms with Gasteiger partial charge in [0.15, 0.2) is 6.10 Å². The lowest BCUT2D eigenvalue weighted by atomic mass is 9.94. The van der Waals surface area contributed by atoms with Crippen LogP contribution in [0, 0.1) is 0 Å². The first-order valence-electron chi connectivity index (χ1n) is 8.18. The summed E-state index contributed by atoms with van der Waals surface area (Å²) in [6.07, 6.45) is 11.2. The minimum absolute atomic E-state index is 0.236. The van der Waals surface area contributed by atoms with E-state index in [0.717, 1.165) is 25.7 Å². The summed E-state index contributed by atoms with van der Waals surface area (Å²) in [5.74, 6) is -0.911. The van der Waals surface area contributed by atoms with Crippen molar-refractivity contribution < 1.29 is 19.0 Å². The standard InChI is InChI=1S/C16H28O4/c1-14(17)20-15-10-8-6-4-2-3-5-7-9-11-16(15)18-12-13-19-16/h15H,2-13H2,1H3/t15-/m0/s1. The monoisotopic (exact) mass is 284 g/mol. The highest BCUT2D eigenvalue weighted by molar-refractivity contribution is 5.66. The molecular formula is C16H28O4. The molecule has 0 unspecified atom stereocenters. The Kier molecular flexibility index (Phi) is 6.30. The van der Waals surface area contributed by atoms with Gasteiger partial charge < -0.3 is 14.2 Å². The normalized spacial score (nSPS) is 28.6. The molecule has 0 bridgehead atoms. The Hall–Kier alpha value is -0.610. The summed E-state index contributed by atoms with van der Waals surface area (Å²) in [5.41, 5.74) is 0. The minimum atomic E-state index is -0.676. The van der Waals surface area contributed by atoms with E-state index in [1.807, 2.05) is 0 Å². The first-order valence-corrected chi connectivity index (χ1v) is 8.18. The van der Waals surface area contributed by atoms with Crippen LogP contribution in [-0.2, 0) is 19.0 Å². The Balaban J connectivity index is 2.03. The molecule has 20 heavy (non-hydrogen) atoms. The van der Waals surface area contributed by atoms with Crippen LogP contribution in [0.25, 0.3) is 0 Å². The summed E-state index contributed by atoms with van der Waals surface area (Å²) < 4.78 is 17.3. The van der Waals surface area contributed by atoms with Crippen molar-refractivity contribution >= 4 is 5.97 Å². The van der Waals surface area contributed by atoms with Gasteiger partial charge in [-0.05, 0) is 19.3 Å². The third-order valence-electron chi connectivity index (χ3n) is 4.32. The summed E-state index contributed by atoms with van der Waals surface area (Å²) in [7, 11) is 0.